The lowest BCUT2D eigenvalue weighted by atomic mass is 10.3. The fourth-order valence-electron chi connectivity index (χ4n) is 2.29. The number of aromatic nitrogens is 1. The van der Waals surface area contributed by atoms with Crippen molar-refractivity contribution in [1.29, 1.82) is 0 Å². The second kappa shape index (κ2) is 7.29. The molecule has 0 aliphatic rings. The number of rotatable bonds is 6. The summed E-state index contributed by atoms with van der Waals surface area (Å²) in [7, 11) is 5.81. The van der Waals surface area contributed by atoms with Gasteiger partial charge in [-0.1, -0.05) is 17.4 Å². The Labute approximate surface area is 149 Å². The van der Waals surface area contributed by atoms with Gasteiger partial charge < -0.3 is 9.64 Å². The van der Waals surface area contributed by atoms with Crippen LogP contribution in [0, 0.1) is 0 Å². The van der Waals surface area contributed by atoms with Crippen LogP contribution in [0.4, 0.5) is 5.13 Å². The molecule has 0 saturated carbocycles. The quantitative estimate of drug-likeness (QED) is 0.731. The predicted molar refractivity (Wildman–Crippen MR) is 99.8 cm³/mol. The van der Waals surface area contributed by atoms with Crippen LogP contribution in [-0.4, -0.2) is 45.2 Å². The van der Waals surface area contributed by atoms with Crippen molar-refractivity contribution in [2.24, 2.45) is 0 Å². The second-order valence-corrected chi connectivity index (χ2v) is 7.68. The summed E-state index contributed by atoms with van der Waals surface area (Å²) in [6.07, 6.45) is 0. The van der Waals surface area contributed by atoms with Crippen LogP contribution in [0.5, 0.6) is 5.75 Å². The number of thiophene rings is 1. The van der Waals surface area contributed by atoms with E-state index in [0.29, 0.717) is 6.54 Å². The van der Waals surface area contributed by atoms with Gasteiger partial charge in [0.05, 0.1) is 49.4 Å². The first-order valence-electron chi connectivity index (χ1n) is 7.67. The first-order chi connectivity index (χ1) is 11.6. The molecular weight excluding hydrogens is 342 g/mol. The van der Waals surface area contributed by atoms with Crippen molar-refractivity contribution in [2.75, 3.05) is 39.2 Å². The molecule has 0 aliphatic heterocycles. The minimum atomic E-state index is 0.0114. The van der Waals surface area contributed by atoms with Gasteiger partial charge in [0.15, 0.2) is 5.13 Å². The fraction of sp³-hybridized carbons (Fsp3) is 0.294. The molecule has 2 aromatic heterocycles. The lowest BCUT2D eigenvalue weighted by Crippen LogP contribution is -3.06. The monoisotopic (exact) mass is 362 g/mol. The molecule has 2 heterocycles. The number of carbonyl (C=O) groups excluding carboxylic acids is 1. The lowest BCUT2D eigenvalue weighted by molar-refractivity contribution is -0.856. The van der Waals surface area contributed by atoms with E-state index in [1.807, 2.05) is 35.7 Å². The number of fused-ring (bicyclic) bond motifs is 1. The van der Waals surface area contributed by atoms with E-state index in [1.165, 1.54) is 27.6 Å². The topological polar surface area (TPSA) is 46.9 Å². The molecule has 3 rings (SSSR count). The lowest BCUT2D eigenvalue weighted by Gasteiger charge is -2.19. The predicted octanol–water partition coefficient (Wildman–Crippen LogP) is 2.16. The van der Waals surface area contributed by atoms with Crippen LogP contribution >= 0.6 is 22.7 Å². The molecule has 1 amide bonds. The molecule has 0 spiro atoms. The molecule has 24 heavy (non-hydrogen) atoms. The van der Waals surface area contributed by atoms with Crippen LogP contribution in [0.1, 0.15) is 9.67 Å². The van der Waals surface area contributed by atoms with E-state index in [2.05, 4.69) is 19.1 Å². The van der Waals surface area contributed by atoms with Crippen LogP contribution in [0.15, 0.2) is 35.7 Å². The summed E-state index contributed by atoms with van der Waals surface area (Å²) in [4.78, 5) is 21.4. The summed E-state index contributed by atoms with van der Waals surface area (Å²) < 4.78 is 6.29. The van der Waals surface area contributed by atoms with Gasteiger partial charge in [-0.05, 0) is 29.6 Å². The molecule has 0 unspecified atom stereocenters. The molecule has 126 valence electrons. The highest BCUT2D eigenvalue weighted by molar-refractivity contribution is 7.22. The van der Waals surface area contributed by atoms with Crippen LogP contribution in [0.3, 0.4) is 0 Å². The van der Waals surface area contributed by atoms with E-state index in [1.54, 1.807) is 12.0 Å². The number of benzene rings is 1. The summed E-state index contributed by atoms with van der Waals surface area (Å²) in [6.45, 7) is 1.49. The van der Waals surface area contributed by atoms with Crippen molar-refractivity contribution >= 4 is 43.9 Å². The third-order valence-electron chi connectivity index (χ3n) is 3.63. The van der Waals surface area contributed by atoms with E-state index in [-0.39, 0.29) is 5.91 Å². The molecule has 0 radical (unpaired) electrons. The Kier molecular flexibility index (Phi) is 5.13. The van der Waals surface area contributed by atoms with Crippen molar-refractivity contribution in [2.45, 2.75) is 0 Å². The van der Waals surface area contributed by atoms with Crippen LogP contribution in [0.2, 0.25) is 0 Å². The van der Waals surface area contributed by atoms with Crippen molar-refractivity contribution in [1.82, 2.24) is 4.98 Å². The zero-order valence-electron chi connectivity index (χ0n) is 13.9. The Balaban J connectivity index is 1.96. The van der Waals surface area contributed by atoms with E-state index < -0.39 is 0 Å². The molecule has 0 aliphatic carbocycles. The Morgan fingerprint density at radius 2 is 2.17 bits per heavy atom. The third-order valence-corrected chi connectivity index (χ3v) is 5.53. The Morgan fingerprint density at radius 1 is 1.33 bits per heavy atom. The third kappa shape index (κ3) is 3.58. The number of likely N-dealkylation sites (N-methyl/N-ethyl adjacent to an activating group) is 1. The number of quaternary nitrogens is 1. The van der Waals surface area contributed by atoms with Gasteiger partial charge in [0, 0.05) is 0 Å². The largest absolute Gasteiger partial charge is 0.497 e. The van der Waals surface area contributed by atoms with Crippen molar-refractivity contribution in [3.05, 3.63) is 40.6 Å². The molecule has 5 nitrogen and oxygen atoms in total. The average Bonchev–Trinajstić information content (AvgIpc) is 3.23. The number of hydrogen-bond donors (Lipinski definition) is 1. The van der Waals surface area contributed by atoms with E-state index in [4.69, 9.17) is 4.74 Å². The number of thiazole rings is 1. The van der Waals surface area contributed by atoms with Crippen LogP contribution < -0.4 is 14.5 Å². The highest BCUT2D eigenvalue weighted by Crippen LogP contribution is 2.32. The fourth-order valence-corrected chi connectivity index (χ4v) is 3.98. The Hall–Kier alpha value is -1.96. The van der Waals surface area contributed by atoms with Crippen LogP contribution in [0.25, 0.3) is 10.2 Å². The molecular formula is C17H20N3O2S2+. The molecule has 0 bridgehead atoms. The highest BCUT2D eigenvalue weighted by atomic mass is 32.1. The minimum Gasteiger partial charge on any atom is -0.497 e. The first-order valence-corrected chi connectivity index (χ1v) is 9.37. The van der Waals surface area contributed by atoms with Gasteiger partial charge in [-0.2, -0.15) is 0 Å². The standard InChI is InChI=1S/C17H19N3O2S2/c1-19(2)8-9-20(16(21)14-5-4-10-23-14)17-18-13-7-6-12(22-3)11-15(13)24-17/h4-7,10-11H,8-9H2,1-3H3/p+1. The van der Waals surface area contributed by atoms with Gasteiger partial charge in [-0.15, -0.1) is 11.3 Å². The van der Waals surface area contributed by atoms with Crippen LogP contribution in [-0.2, 0) is 0 Å². The molecule has 0 fully saturated rings. The van der Waals surface area contributed by atoms with Gasteiger partial charge in [-0.25, -0.2) is 4.98 Å². The van der Waals surface area contributed by atoms with Gasteiger partial charge in [0.25, 0.3) is 5.91 Å². The van der Waals surface area contributed by atoms with E-state index >= 15 is 0 Å². The first kappa shape index (κ1) is 16.9. The zero-order chi connectivity index (χ0) is 17.1. The SMILES string of the molecule is COc1ccc2nc(N(CC[NH+](C)C)C(=O)c3cccs3)sc2c1. The van der Waals surface area contributed by atoms with E-state index in [0.717, 1.165) is 32.5 Å². The summed E-state index contributed by atoms with van der Waals surface area (Å²) in [6, 6.07) is 9.54. The Morgan fingerprint density at radius 3 is 2.83 bits per heavy atom. The number of nitrogens with zero attached hydrogens (tertiary/aromatic N) is 2. The molecule has 3 aromatic rings. The maximum absolute atomic E-state index is 12.9. The van der Waals surface area contributed by atoms with Gasteiger partial charge in [-0.3, -0.25) is 9.69 Å². The molecule has 1 aromatic carbocycles. The maximum Gasteiger partial charge on any atom is 0.270 e. The smallest absolute Gasteiger partial charge is 0.270 e. The minimum absolute atomic E-state index is 0.0114. The molecule has 1 N–H and O–H groups in total. The van der Waals surface area contributed by atoms with Crippen molar-refractivity contribution in [3.8, 4) is 5.75 Å². The van der Waals surface area contributed by atoms with Gasteiger partial charge in [0.1, 0.15) is 5.75 Å². The maximum atomic E-state index is 12.9. The van der Waals surface area contributed by atoms with Crippen molar-refractivity contribution < 1.29 is 14.4 Å². The Bertz CT molecular complexity index is 828. The summed E-state index contributed by atoms with van der Waals surface area (Å²) >= 11 is 2.98. The number of ether oxygens (including phenoxy) is 1. The number of nitrogens with one attached hydrogen (secondary N) is 1. The van der Waals surface area contributed by atoms with Gasteiger partial charge in [0.2, 0.25) is 0 Å². The molecule has 0 atom stereocenters. The number of anilines is 1. The van der Waals surface area contributed by atoms with Gasteiger partial charge >= 0.3 is 0 Å². The number of amides is 1. The number of carbonyl (C=O) groups is 1. The summed E-state index contributed by atoms with van der Waals surface area (Å²) in [5, 5.41) is 2.66. The number of hydrogen-bond acceptors (Lipinski definition) is 5. The molecule has 0 saturated heterocycles. The average molecular weight is 362 g/mol. The highest BCUT2D eigenvalue weighted by Gasteiger charge is 2.22. The second-order valence-electron chi connectivity index (χ2n) is 5.72. The van der Waals surface area contributed by atoms with E-state index in [9.17, 15) is 4.79 Å². The normalized spacial score (nSPS) is 11.2. The zero-order valence-corrected chi connectivity index (χ0v) is 15.5. The van der Waals surface area contributed by atoms with Crippen molar-refractivity contribution in [3.63, 3.8) is 0 Å². The summed E-state index contributed by atoms with van der Waals surface area (Å²) in [5.74, 6) is 0.809. The summed E-state index contributed by atoms with van der Waals surface area (Å²) in [5.41, 5.74) is 0.886. The number of methoxy groups -OCH3 is 1. The molecule has 7 heteroatoms.